The Labute approximate surface area is 907 Å². The molecular formula is C128H131N7O4+4. The minimum absolute atomic E-state index is 0.0223. The van der Waals surface area contributed by atoms with Crippen LogP contribution in [0.3, 0.4) is 0 Å². The molecule has 698 valence electrons. The predicted molar refractivity (Wildman–Crippen MR) is 572 cm³/mol. The van der Waals surface area contributed by atoms with Crippen molar-refractivity contribution in [3.63, 3.8) is 0 Å². The Balaban J connectivity index is 0.000000149. The summed E-state index contributed by atoms with van der Waals surface area (Å²) in [5.74, 6) is -17.3. The largest absolute Gasteiger partial charge is 0.454 e. The molecule has 4 aliphatic rings. The lowest BCUT2D eigenvalue weighted by molar-refractivity contribution is -0.660. The highest BCUT2D eigenvalue weighted by Gasteiger charge is 2.51. The van der Waals surface area contributed by atoms with Crippen molar-refractivity contribution < 1.29 is 122 Å². The van der Waals surface area contributed by atoms with Crippen LogP contribution in [-0.2, 0) is 49.9 Å². The van der Waals surface area contributed by atoms with Gasteiger partial charge in [0.05, 0.1) is 39.0 Å². The van der Waals surface area contributed by atoms with Crippen molar-refractivity contribution in [2.24, 2.45) is 51.8 Å². The van der Waals surface area contributed by atoms with Gasteiger partial charge in [-0.2, -0.15) is 0 Å². The number of aryl methyl sites for hydroxylation is 14. The third-order valence-corrected chi connectivity index (χ3v) is 27.3. The fourth-order valence-corrected chi connectivity index (χ4v) is 20.9. The van der Waals surface area contributed by atoms with E-state index in [0.29, 0.717) is 116 Å². The molecule has 4 aliphatic carbocycles. The first-order valence-electron chi connectivity index (χ1n) is 75.8. The molecule has 11 aromatic heterocycles. The number of furan rings is 4. The first-order valence-corrected chi connectivity index (χ1v) is 44.3. The Morgan fingerprint density at radius 1 is 0.345 bits per heavy atom. The summed E-state index contributed by atoms with van der Waals surface area (Å²) in [4.78, 5) is 13.8. The summed E-state index contributed by atoms with van der Waals surface area (Å²) in [5.41, 5.74) is -7.80. The standard InChI is InChI=1S/C35H39N2O.C33H35N2O.C31H30NO.C29H27N2O/c1-20(2)17-35(18-21(3)4)29-12-10-9-11-25(29)27-16-28-26-14-13-22(5)31(32(26)38-34(28)36-33(27)35)30-15-23(6)24(7)19-37(30)8;1-18(2)33(19(3)4)27-12-10-9-11-23(27)25-16-26-24-14-13-20(5)29(30(24)36-32(26)34-31(25)33)28-15-21(6)22(7)17-35(28)8;1-18(2)20-15-16-32(6)26(17-20)27-19(3)11-12-21-22-13-14-25-28(30(22)33-29(21)27)23-9-7-8-10-24(23)31(25,4)5;1-16-11-12-20-25-26-21(19-9-7-8-10-22(19)29(26,4)5)14-30-28(25)32-27(20)24(16)23-13-17(2)18(3)15-31(23)6/h9-16,19-21H,17-18H2,1-8H3;9-19H,1-8H3;7-18H,1-6H3;7-15H,1-6H3/q4*+1/i1D3,3D3,6D3,7D3,17D2,18D2,20D,21D;1D3,2D3,3D3,4D3,6D3,7D3,18D,19D;1D3,2D3,4D3,5D3,18D;2D3,3D3,4D3,5D3. The van der Waals surface area contributed by atoms with E-state index in [0.717, 1.165) is 19.9 Å². The van der Waals surface area contributed by atoms with Crippen LogP contribution in [0.5, 0.6) is 0 Å². The summed E-state index contributed by atoms with van der Waals surface area (Å²) in [6.07, 6.45) is -0.420. The van der Waals surface area contributed by atoms with Gasteiger partial charge in [0.2, 0.25) is 39.9 Å². The van der Waals surface area contributed by atoms with Crippen molar-refractivity contribution in [3.05, 3.63) is 337 Å². The van der Waals surface area contributed by atoms with E-state index in [2.05, 4.69) is 9.97 Å². The van der Waals surface area contributed by atoms with Crippen LogP contribution in [0.4, 0.5) is 0 Å². The molecule has 0 saturated carbocycles. The fraction of sp³-hybridized carbons (Fsp3) is 0.305. The summed E-state index contributed by atoms with van der Waals surface area (Å²) in [5, 5.41) is 3.13. The maximum Gasteiger partial charge on any atom is 0.227 e. The average molecular weight is 1890 g/mol. The maximum atomic E-state index is 9.63. The van der Waals surface area contributed by atoms with Crippen LogP contribution in [0.15, 0.2) is 249 Å². The van der Waals surface area contributed by atoms with E-state index in [1.54, 1.807) is 137 Å². The van der Waals surface area contributed by atoms with Crippen LogP contribution < -0.4 is 18.3 Å². The molecule has 2 atom stereocenters. The highest BCUT2D eigenvalue weighted by molar-refractivity contribution is 6.17. The number of hydrogen-bond acceptors (Lipinski definition) is 7. The minimum atomic E-state index is -4.04. The molecule has 0 radical (unpaired) electrons. The lowest BCUT2D eigenvalue weighted by Crippen LogP contribution is -2.38. The van der Waals surface area contributed by atoms with Gasteiger partial charge in [-0.05, 0) is 223 Å². The Hall–Kier alpha value is -13.8. The van der Waals surface area contributed by atoms with Crippen molar-refractivity contribution in [2.45, 2.75) is 205 Å². The quantitative estimate of drug-likeness (QED) is 0.119. The summed E-state index contributed by atoms with van der Waals surface area (Å²) >= 11 is 0. The zero-order valence-corrected chi connectivity index (χ0v) is 76.7. The Morgan fingerprint density at radius 3 is 1.25 bits per heavy atom. The van der Waals surface area contributed by atoms with Gasteiger partial charge in [0.1, 0.15) is 39.4 Å². The molecule has 0 N–H and O–H groups in total. The minimum Gasteiger partial charge on any atom is -0.454 e. The number of fused-ring (bicyclic) bond motifs is 26. The number of pyridine rings is 7. The molecule has 2 unspecified atom stereocenters. The van der Waals surface area contributed by atoms with Crippen molar-refractivity contribution in [3.8, 4) is 89.5 Å². The summed E-state index contributed by atoms with van der Waals surface area (Å²) < 4.78 is 564. The topological polar surface area (TPSA) is 107 Å². The number of rotatable bonds is 11. The van der Waals surface area contributed by atoms with Gasteiger partial charge in [0.15, 0.2) is 41.5 Å². The van der Waals surface area contributed by atoms with Gasteiger partial charge in [-0.25, -0.2) is 33.2 Å². The van der Waals surface area contributed by atoms with E-state index in [-0.39, 0.29) is 134 Å². The lowest BCUT2D eigenvalue weighted by atomic mass is 9.64. The number of aromatic nitrogens is 7. The molecule has 0 amide bonds. The van der Waals surface area contributed by atoms with Gasteiger partial charge in [0, 0.05) is 221 Å². The molecule has 11 heteroatoms. The molecule has 24 rings (SSSR count). The molecule has 20 aromatic rings. The third-order valence-electron chi connectivity index (χ3n) is 27.3. The van der Waals surface area contributed by atoms with Gasteiger partial charge in [-0.15, -0.1) is 0 Å². The Morgan fingerprint density at radius 2 is 0.755 bits per heavy atom. The van der Waals surface area contributed by atoms with E-state index in [1.165, 1.54) is 143 Å². The SMILES string of the molecule is [2H]C([2H])([2H])C([2H])(c1cc[n+](C)c(-c2c(C)ccc3c2oc2c4c(ccc23)C(C([2H])([2H])[2H])(C([2H])([2H])[2H])c2ccccc2-4)c1)C([2H])([2H])[2H].[2H]C([2H])([2H])c1cc(-c2c(C)ccc3c2oc2nc4c(cc23)-c2ccccc2C4(C([2H])(C([2H])([2H])[2H])C([2H])([2H])[2H])C([2H])(C([2H])([2H])[2H])C([2H])([2H])[2H])[n+](C)cc1C([2H])([2H])[2H].[2H]C([2H])([2H])c1cc(-c2c(C)ccc3c2oc2nc4c(cc23)-c2ccccc2C4(C([2H])([2H])C([2H])(C)C([2H])([2H])[2H])C([2H])([2H])C([2H])(C)C([2H])([2H])[2H])[n+](C)cc1C([2H])([2H])[2H].[2H]C([2H])([2H])c1cc(-c2c(C)ccc3c2oc2ncc4c(c23)C(C([2H])([2H])[2H])(C([2H])([2H])[2H])c2ccccc2-4)[n+](C)cc1C([2H])([2H])[2H]. The maximum absolute atomic E-state index is 9.63. The van der Waals surface area contributed by atoms with Crippen LogP contribution in [-0.4, -0.2) is 15.0 Å². The number of nitrogens with zero attached hydrogens (tertiary/aromatic N) is 7. The second kappa shape index (κ2) is 33.5. The molecule has 11 heterocycles. The van der Waals surface area contributed by atoms with Crippen molar-refractivity contribution in [1.29, 1.82) is 0 Å². The first kappa shape index (κ1) is 44.6. The molecule has 0 spiro atoms. The van der Waals surface area contributed by atoms with Gasteiger partial charge >= 0.3 is 0 Å². The molecule has 11 nitrogen and oxygen atoms in total. The normalized spacial score (nSPS) is 24.5. The zero-order chi connectivity index (χ0) is 151. The third kappa shape index (κ3) is 14.1. The molecule has 0 bridgehead atoms. The van der Waals surface area contributed by atoms with Gasteiger partial charge in [-0.3, -0.25) is 0 Å². The van der Waals surface area contributed by atoms with Crippen LogP contribution in [0, 0.1) is 92.4 Å². The van der Waals surface area contributed by atoms with Crippen molar-refractivity contribution in [2.75, 3.05) is 0 Å². The van der Waals surface area contributed by atoms with Gasteiger partial charge in [0.25, 0.3) is 0 Å². The second-order valence-corrected chi connectivity index (χ2v) is 36.0. The Kier molecular flexibility index (Phi) is 10.7. The average Bonchev–Trinajstić information content (AvgIpc) is 1.45. The van der Waals surface area contributed by atoms with Crippen LogP contribution in [0.1, 0.15) is 307 Å². The number of benzene rings is 9. The highest BCUT2D eigenvalue weighted by Crippen LogP contribution is 2.61. The molecule has 139 heavy (non-hydrogen) atoms. The van der Waals surface area contributed by atoms with Crippen LogP contribution >= 0.6 is 0 Å². The van der Waals surface area contributed by atoms with Crippen LogP contribution in [0.25, 0.3) is 178 Å². The summed E-state index contributed by atoms with van der Waals surface area (Å²) in [7, 11) is 6.34. The zero-order valence-electron chi connectivity index (χ0n) is 140. The van der Waals surface area contributed by atoms with Gasteiger partial charge < -0.3 is 17.7 Å². The predicted octanol–water partition coefficient (Wildman–Crippen LogP) is 31.3. The molecule has 0 saturated heterocycles. The van der Waals surface area contributed by atoms with Gasteiger partial charge in [-0.1, -0.05) is 254 Å². The van der Waals surface area contributed by atoms with Crippen LogP contribution in [0.2, 0.25) is 0 Å². The lowest BCUT2D eigenvalue weighted by Gasteiger charge is -2.39. The highest BCUT2D eigenvalue weighted by atomic mass is 16.4. The first-order chi connectivity index (χ1) is 91.7. The Bertz CT molecular complexity index is 11200. The van der Waals surface area contributed by atoms with Crippen molar-refractivity contribution in [1.82, 2.24) is 15.0 Å². The van der Waals surface area contributed by atoms with E-state index < -0.39 is 221 Å². The van der Waals surface area contributed by atoms with E-state index >= 15 is 0 Å². The summed E-state index contributed by atoms with van der Waals surface area (Å²) in [6.45, 7) is -49.0. The second-order valence-electron chi connectivity index (χ2n) is 36.0. The van der Waals surface area contributed by atoms with E-state index in [1.807, 2.05) is 19.1 Å². The fourth-order valence-electron chi connectivity index (χ4n) is 20.9. The summed E-state index contributed by atoms with van der Waals surface area (Å²) in [6, 6.07) is 50.6. The van der Waals surface area contributed by atoms with Crippen molar-refractivity contribution >= 4 is 88.1 Å². The van der Waals surface area contributed by atoms with E-state index in [9.17, 15) is 8.22 Å². The molecule has 9 aromatic carbocycles. The molecule has 0 fully saturated rings. The molecular weight excluding hydrogens is 1700 g/mol. The molecule has 0 aliphatic heterocycles. The number of hydrogen-bond donors (Lipinski definition) is 0. The monoisotopic (exact) mass is 1890 g/mol. The smallest absolute Gasteiger partial charge is 0.227 e. The van der Waals surface area contributed by atoms with E-state index in [4.69, 9.17) is 101 Å².